The molecule has 3 N–H and O–H groups in total. The van der Waals surface area contributed by atoms with Gasteiger partial charge in [-0.2, -0.15) is 0 Å². The number of H-pyrrole nitrogens is 1. The second kappa shape index (κ2) is 9.38. The van der Waals surface area contributed by atoms with E-state index in [0.29, 0.717) is 32.4 Å². The van der Waals surface area contributed by atoms with Crippen molar-refractivity contribution in [3.05, 3.63) is 71.4 Å². The normalized spacial score (nSPS) is 35.2. The van der Waals surface area contributed by atoms with E-state index in [9.17, 15) is 19.5 Å². The van der Waals surface area contributed by atoms with E-state index in [1.54, 1.807) is 4.90 Å². The summed E-state index contributed by atoms with van der Waals surface area (Å²) in [4.78, 5) is 50.4. The number of hydrogen-bond donors (Lipinski definition) is 3. The van der Waals surface area contributed by atoms with Gasteiger partial charge < -0.3 is 25.2 Å². The maximum absolute atomic E-state index is 14.2. The van der Waals surface area contributed by atoms with Crippen molar-refractivity contribution in [2.75, 3.05) is 20.1 Å². The highest BCUT2D eigenvalue weighted by atomic mass is 16.7. The lowest BCUT2D eigenvalue weighted by Crippen LogP contribution is -2.71. The molecule has 3 aromatic rings. The molecule has 8 rings (SSSR count). The van der Waals surface area contributed by atoms with Crippen LogP contribution in [0, 0.1) is 5.92 Å². The Kier molecular flexibility index (Phi) is 5.86. The van der Waals surface area contributed by atoms with Gasteiger partial charge >= 0.3 is 0 Å². The van der Waals surface area contributed by atoms with Crippen LogP contribution in [0.2, 0.25) is 0 Å². The summed E-state index contributed by atoms with van der Waals surface area (Å²) in [7, 11) is 2.06. The van der Waals surface area contributed by atoms with E-state index in [0.717, 1.165) is 17.5 Å². The van der Waals surface area contributed by atoms with Crippen LogP contribution in [-0.2, 0) is 32.0 Å². The van der Waals surface area contributed by atoms with Crippen LogP contribution in [0.1, 0.15) is 48.8 Å². The van der Waals surface area contributed by atoms with Gasteiger partial charge in [0.05, 0.1) is 5.92 Å². The van der Waals surface area contributed by atoms with Gasteiger partial charge in [-0.3, -0.25) is 24.0 Å². The number of likely N-dealkylation sites (N-methyl/N-ethyl adjacent to an activating group) is 1. The van der Waals surface area contributed by atoms with Crippen LogP contribution in [0.4, 0.5) is 0 Å². The van der Waals surface area contributed by atoms with Crippen LogP contribution in [0.5, 0.6) is 0 Å². The minimum atomic E-state index is -2.03. The summed E-state index contributed by atoms with van der Waals surface area (Å²) in [5, 5.41) is 16.2. The molecule has 43 heavy (non-hydrogen) atoms. The summed E-state index contributed by atoms with van der Waals surface area (Å²) in [6.07, 6.45) is 5.13. The fraction of sp³-hybridized carbons (Fsp3) is 0.485. The average molecular weight is 584 g/mol. The standard InChI is InChI=1S/C33H37N5O5/c1-32(35-29(39)21-15-23-22-10-6-11-24-28(22)20(17-34-24)16-25(23)36(2)18-21)31(41)38-26(14-19-8-4-3-5-9-19)30(40)37-13-7-12-27(37)33(38,42)43-32/h3-6,8-11,17,21,23,25-27,34,42H,7,12-16,18H2,1-2H3,(H,35,39)/t21-,23?,25+,26+,27+,32-,33+/m1/s1. The van der Waals surface area contributed by atoms with Crippen LogP contribution in [0.25, 0.3) is 10.9 Å². The van der Waals surface area contributed by atoms with Gasteiger partial charge in [-0.1, -0.05) is 42.5 Å². The largest absolute Gasteiger partial charge is 0.361 e. The molecule has 0 saturated carbocycles. The molecule has 0 bridgehead atoms. The fourth-order valence-corrected chi connectivity index (χ4v) is 8.65. The molecule has 4 saturated heterocycles. The number of aliphatic hydroxyl groups is 1. The number of carbonyl (C=O) groups excluding carboxylic acids is 3. The first-order valence-corrected chi connectivity index (χ1v) is 15.4. The third-order valence-corrected chi connectivity index (χ3v) is 10.6. The lowest BCUT2D eigenvalue weighted by molar-refractivity contribution is -0.315. The first-order valence-electron chi connectivity index (χ1n) is 15.4. The number of hydrogen-bond acceptors (Lipinski definition) is 6. The summed E-state index contributed by atoms with van der Waals surface area (Å²) < 4.78 is 6.25. The van der Waals surface area contributed by atoms with E-state index < -0.39 is 29.6 Å². The number of nitrogens with zero attached hydrogens (tertiary/aromatic N) is 3. The van der Waals surface area contributed by atoms with Crippen molar-refractivity contribution in [3.63, 3.8) is 0 Å². The number of fused-ring (bicyclic) bond motifs is 5. The molecule has 1 unspecified atom stereocenters. The van der Waals surface area contributed by atoms with Crippen LogP contribution in [-0.4, -0.2) is 92.4 Å². The highest BCUT2D eigenvalue weighted by molar-refractivity contribution is 5.97. The zero-order valence-corrected chi connectivity index (χ0v) is 24.5. The number of carbonyl (C=O) groups is 3. The molecule has 10 nitrogen and oxygen atoms in total. The number of amides is 3. The van der Waals surface area contributed by atoms with Gasteiger partial charge in [-0.05, 0) is 62.4 Å². The number of nitrogens with one attached hydrogen (secondary N) is 2. The topological polar surface area (TPSA) is 118 Å². The highest BCUT2D eigenvalue weighted by Gasteiger charge is 2.70. The van der Waals surface area contributed by atoms with E-state index >= 15 is 0 Å². The van der Waals surface area contributed by atoms with Gasteiger partial charge in [0, 0.05) is 48.6 Å². The number of rotatable bonds is 4. The summed E-state index contributed by atoms with van der Waals surface area (Å²) >= 11 is 0. The van der Waals surface area contributed by atoms with Crippen molar-refractivity contribution in [2.24, 2.45) is 5.92 Å². The van der Waals surface area contributed by atoms with Gasteiger partial charge in [0.15, 0.2) is 0 Å². The molecule has 1 aliphatic carbocycles. The molecule has 4 fully saturated rings. The van der Waals surface area contributed by atoms with Crippen molar-refractivity contribution in [2.45, 2.75) is 74.7 Å². The van der Waals surface area contributed by atoms with Crippen molar-refractivity contribution in [3.8, 4) is 0 Å². The smallest absolute Gasteiger partial charge is 0.280 e. The first kappa shape index (κ1) is 26.9. The van der Waals surface area contributed by atoms with Gasteiger partial charge in [-0.15, -0.1) is 0 Å². The monoisotopic (exact) mass is 583 g/mol. The van der Waals surface area contributed by atoms with E-state index in [1.165, 1.54) is 28.3 Å². The van der Waals surface area contributed by atoms with Crippen LogP contribution < -0.4 is 5.32 Å². The average Bonchev–Trinajstić information content (AvgIpc) is 3.70. The lowest BCUT2D eigenvalue weighted by atomic mass is 9.72. The number of piperidine rings is 1. The van der Waals surface area contributed by atoms with Gasteiger partial charge in [0.1, 0.15) is 12.1 Å². The Morgan fingerprint density at radius 2 is 1.98 bits per heavy atom. The number of likely N-dealkylation sites (tertiary alicyclic amines) is 1. The molecular formula is C33H37N5O5. The first-order chi connectivity index (χ1) is 20.7. The Balaban J connectivity index is 1.08. The summed E-state index contributed by atoms with van der Waals surface area (Å²) in [5.41, 5.74) is 2.74. The molecule has 4 aliphatic heterocycles. The second-order valence-corrected chi connectivity index (χ2v) is 13.2. The van der Waals surface area contributed by atoms with Crippen molar-refractivity contribution in [1.82, 2.24) is 25.0 Å². The quantitative estimate of drug-likeness (QED) is 0.433. The molecule has 1 aromatic heterocycles. The fourth-order valence-electron chi connectivity index (χ4n) is 8.65. The molecule has 2 aromatic carbocycles. The van der Waals surface area contributed by atoms with Crippen molar-refractivity contribution < 1.29 is 24.2 Å². The Labute approximate surface area is 250 Å². The van der Waals surface area contributed by atoms with Gasteiger partial charge in [0.25, 0.3) is 11.8 Å². The Morgan fingerprint density at radius 3 is 2.79 bits per heavy atom. The number of benzene rings is 2. The predicted octanol–water partition coefficient (Wildman–Crippen LogP) is 2.08. The zero-order chi connectivity index (χ0) is 29.7. The van der Waals surface area contributed by atoms with E-state index in [2.05, 4.69) is 46.6 Å². The maximum Gasteiger partial charge on any atom is 0.280 e. The Hall–Kier alpha value is -3.73. The minimum Gasteiger partial charge on any atom is -0.361 e. The van der Waals surface area contributed by atoms with E-state index in [-0.39, 0.29) is 36.1 Å². The summed E-state index contributed by atoms with van der Waals surface area (Å²) in [6, 6.07) is 14.4. The number of ether oxygens (including phenoxy) is 1. The van der Waals surface area contributed by atoms with Crippen molar-refractivity contribution >= 4 is 28.6 Å². The maximum atomic E-state index is 14.2. The molecular weight excluding hydrogens is 546 g/mol. The highest BCUT2D eigenvalue weighted by Crippen LogP contribution is 2.47. The molecule has 0 spiro atoms. The Bertz CT molecular complexity index is 1640. The molecule has 5 aliphatic rings. The molecule has 224 valence electrons. The second-order valence-electron chi connectivity index (χ2n) is 13.2. The van der Waals surface area contributed by atoms with E-state index in [1.807, 2.05) is 30.3 Å². The van der Waals surface area contributed by atoms with Crippen molar-refractivity contribution in [1.29, 1.82) is 0 Å². The zero-order valence-electron chi connectivity index (χ0n) is 24.5. The molecule has 0 radical (unpaired) electrons. The van der Waals surface area contributed by atoms with Crippen LogP contribution in [0.3, 0.4) is 0 Å². The molecule has 7 atom stereocenters. The third kappa shape index (κ3) is 3.86. The van der Waals surface area contributed by atoms with E-state index in [4.69, 9.17) is 4.74 Å². The molecule has 5 heterocycles. The lowest BCUT2D eigenvalue weighted by Gasteiger charge is -2.48. The number of aromatic amines is 1. The van der Waals surface area contributed by atoms with Gasteiger partial charge in [0.2, 0.25) is 17.5 Å². The minimum absolute atomic E-state index is 0.171. The Morgan fingerprint density at radius 1 is 1.16 bits per heavy atom. The third-order valence-electron chi connectivity index (χ3n) is 10.6. The molecule has 10 heteroatoms. The predicted molar refractivity (Wildman–Crippen MR) is 157 cm³/mol. The van der Waals surface area contributed by atoms with Crippen LogP contribution >= 0.6 is 0 Å². The number of aromatic nitrogens is 1. The molecule has 3 amide bonds. The SMILES string of the molecule is CN1C[C@H](C(=O)N[C@]2(C)O[C@@]3(O)[C@@H]4CCCN4C(=O)[C@H](Cc4ccccc4)N3C2=O)CC2c3cccc4[nH]cc(c34)C[C@@H]21. The summed E-state index contributed by atoms with van der Waals surface area (Å²) in [5.74, 6) is -3.31. The summed E-state index contributed by atoms with van der Waals surface area (Å²) in [6.45, 7) is 2.56. The van der Waals surface area contributed by atoms with Crippen LogP contribution in [0.15, 0.2) is 54.7 Å². The number of piperazine rings is 1. The van der Waals surface area contributed by atoms with Gasteiger partial charge in [-0.25, -0.2) is 0 Å².